The summed E-state index contributed by atoms with van der Waals surface area (Å²) >= 11 is 0. The van der Waals surface area contributed by atoms with Gasteiger partial charge in [0.05, 0.1) is 6.61 Å². The van der Waals surface area contributed by atoms with Gasteiger partial charge in [0.25, 0.3) is 0 Å². The maximum Gasteiger partial charge on any atom is 0.326 e. The van der Waals surface area contributed by atoms with Crippen molar-refractivity contribution < 1.29 is 24.6 Å². The highest BCUT2D eigenvalue weighted by atomic mass is 16.4. The Bertz CT molecular complexity index is 370. The topological polar surface area (TPSA) is 133 Å². The SMILES string of the molecule is NC(=O)CC[C@H](NC(=O)N(CCO)C1CCC1)C(=O)O. The zero-order valence-electron chi connectivity index (χ0n) is 11.2. The van der Waals surface area contributed by atoms with Crippen LogP contribution in [0.4, 0.5) is 4.79 Å². The number of aliphatic hydroxyl groups is 1. The third-order valence-corrected chi connectivity index (χ3v) is 3.39. The molecule has 114 valence electrons. The molecule has 1 saturated carbocycles. The molecule has 1 atom stereocenters. The van der Waals surface area contributed by atoms with Gasteiger partial charge in [0.2, 0.25) is 5.91 Å². The predicted octanol–water partition coefficient (Wildman–Crippen LogP) is -0.738. The van der Waals surface area contributed by atoms with Crippen molar-refractivity contribution in [1.29, 1.82) is 0 Å². The van der Waals surface area contributed by atoms with Crippen molar-refractivity contribution in [2.24, 2.45) is 5.73 Å². The summed E-state index contributed by atoms with van der Waals surface area (Å²) in [5.41, 5.74) is 4.97. The second-order valence-electron chi connectivity index (χ2n) is 4.85. The third kappa shape index (κ3) is 4.69. The van der Waals surface area contributed by atoms with E-state index in [0.29, 0.717) is 0 Å². The van der Waals surface area contributed by atoms with Gasteiger partial charge in [-0.2, -0.15) is 0 Å². The van der Waals surface area contributed by atoms with E-state index >= 15 is 0 Å². The first-order valence-electron chi connectivity index (χ1n) is 6.64. The molecule has 0 unspecified atom stereocenters. The van der Waals surface area contributed by atoms with Crippen LogP contribution in [0.1, 0.15) is 32.1 Å². The fourth-order valence-electron chi connectivity index (χ4n) is 2.03. The van der Waals surface area contributed by atoms with Gasteiger partial charge in [0.1, 0.15) is 6.04 Å². The molecule has 0 heterocycles. The number of hydrogen-bond acceptors (Lipinski definition) is 4. The average molecular weight is 287 g/mol. The highest BCUT2D eigenvalue weighted by Gasteiger charge is 2.30. The summed E-state index contributed by atoms with van der Waals surface area (Å²) in [7, 11) is 0. The number of carboxylic acids is 1. The number of carboxylic acid groups (broad SMARTS) is 1. The number of urea groups is 1. The van der Waals surface area contributed by atoms with Crippen molar-refractivity contribution in [1.82, 2.24) is 10.2 Å². The molecule has 1 rings (SSSR count). The fourth-order valence-corrected chi connectivity index (χ4v) is 2.03. The van der Waals surface area contributed by atoms with Gasteiger partial charge in [0.15, 0.2) is 0 Å². The molecule has 1 aliphatic carbocycles. The summed E-state index contributed by atoms with van der Waals surface area (Å²) in [5, 5.41) is 20.4. The van der Waals surface area contributed by atoms with Gasteiger partial charge < -0.3 is 26.2 Å². The van der Waals surface area contributed by atoms with Crippen molar-refractivity contribution in [3.8, 4) is 0 Å². The summed E-state index contributed by atoms with van der Waals surface area (Å²) in [6.45, 7) is -0.0123. The predicted molar refractivity (Wildman–Crippen MR) is 69.8 cm³/mol. The van der Waals surface area contributed by atoms with Crippen LogP contribution < -0.4 is 11.1 Å². The van der Waals surface area contributed by atoms with E-state index in [0.717, 1.165) is 19.3 Å². The molecule has 0 spiro atoms. The number of nitrogens with two attached hydrogens (primary N) is 1. The Kier molecular flexibility index (Phi) is 6.23. The molecule has 3 amide bonds. The van der Waals surface area contributed by atoms with E-state index in [2.05, 4.69) is 5.32 Å². The minimum Gasteiger partial charge on any atom is -0.480 e. The molecular weight excluding hydrogens is 266 g/mol. The molecule has 8 heteroatoms. The Labute approximate surface area is 116 Å². The average Bonchev–Trinajstić information content (AvgIpc) is 2.30. The number of amides is 3. The van der Waals surface area contributed by atoms with E-state index in [1.165, 1.54) is 4.90 Å². The number of aliphatic hydroxyl groups excluding tert-OH is 1. The normalized spacial score (nSPS) is 16.1. The van der Waals surface area contributed by atoms with E-state index in [9.17, 15) is 14.4 Å². The van der Waals surface area contributed by atoms with Gasteiger partial charge in [0, 0.05) is 19.0 Å². The van der Waals surface area contributed by atoms with Crippen LogP contribution in [0.15, 0.2) is 0 Å². The highest BCUT2D eigenvalue weighted by molar-refractivity contribution is 5.83. The first kappa shape index (κ1) is 16.2. The Hall–Kier alpha value is -1.83. The van der Waals surface area contributed by atoms with Crippen molar-refractivity contribution in [2.45, 2.75) is 44.2 Å². The quantitative estimate of drug-likeness (QED) is 0.466. The second kappa shape index (κ2) is 7.68. The number of carbonyl (C=O) groups excluding carboxylic acids is 2. The molecule has 0 aromatic rings. The molecule has 0 aromatic heterocycles. The van der Waals surface area contributed by atoms with Gasteiger partial charge >= 0.3 is 12.0 Å². The van der Waals surface area contributed by atoms with Crippen LogP contribution in [-0.2, 0) is 9.59 Å². The molecule has 1 aliphatic rings. The van der Waals surface area contributed by atoms with Gasteiger partial charge in [-0.25, -0.2) is 9.59 Å². The minimum atomic E-state index is -1.21. The van der Waals surface area contributed by atoms with Crippen LogP contribution in [0, 0.1) is 0 Å². The molecule has 5 N–H and O–H groups in total. The lowest BCUT2D eigenvalue weighted by Gasteiger charge is -2.37. The Morgan fingerprint density at radius 1 is 1.35 bits per heavy atom. The van der Waals surface area contributed by atoms with Crippen LogP contribution in [0.5, 0.6) is 0 Å². The summed E-state index contributed by atoms with van der Waals surface area (Å²) < 4.78 is 0. The lowest BCUT2D eigenvalue weighted by atomic mass is 9.91. The number of nitrogens with one attached hydrogen (secondary N) is 1. The second-order valence-corrected chi connectivity index (χ2v) is 4.85. The van der Waals surface area contributed by atoms with Crippen LogP contribution in [0.25, 0.3) is 0 Å². The van der Waals surface area contributed by atoms with Crippen molar-refractivity contribution >= 4 is 17.9 Å². The van der Waals surface area contributed by atoms with Crippen LogP contribution >= 0.6 is 0 Å². The summed E-state index contributed by atoms with van der Waals surface area (Å²) in [5.74, 6) is -1.83. The van der Waals surface area contributed by atoms with Gasteiger partial charge in [-0.1, -0.05) is 0 Å². The van der Waals surface area contributed by atoms with Crippen molar-refractivity contribution in [3.05, 3.63) is 0 Å². The standard InChI is InChI=1S/C12H21N3O5/c13-10(17)5-4-9(11(18)19)14-12(20)15(6-7-16)8-2-1-3-8/h8-9,16H,1-7H2,(H2,13,17)(H,14,20)(H,18,19)/t9-/m0/s1. The minimum absolute atomic E-state index is 0.0476. The number of hydrogen-bond donors (Lipinski definition) is 4. The zero-order chi connectivity index (χ0) is 15.1. The van der Waals surface area contributed by atoms with Gasteiger partial charge in [-0.05, 0) is 25.7 Å². The van der Waals surface area contributed by atoms with Crippen molar-refractivity contribution in [3.63, 3.8) is 0 Å². The Balaban J connectivity index is 2.57. The maximum atomic E-state index is 12.1. The molecule has 20 heavy (non-hydrogen) atoms. The molecule has 0 aliphatic heterocycles. The smallest absolute Gasteiger partial charge is 0.326 e. The third-order valence-electron chi connectivity index (χ3n) is 3.39. The fraction of sp³-hybridized carbons (Fsp3) is 0.750. The molecule has 1 fully saturated rings. The van der Waals surface area contributed by atoms with E-state index in [1.54, 1.807) is 0 Å². The number of aliphatic carboxylic acids is 1. The molecule has 0 aromatic carbocycles. The molecule has 0 radical (unpaired) electrons. The molecule has 0 bridgehead atoms. The van der Waals surface area contributed by atoms with Gasteiger partial charge in [-0.3, -0.25) is 4.79 Å². The van der Waals surface area contributed by atoms with Crippen LogP contribution in [0.3, 0.4) is 0 Å². The largest absolute Gasteiger partial charge is 0.480 e. The molecule has 0 saturated heterocycles. The molecule has 8 nitrogen and oxygen atoms in total. The molecular formula is C12H21N3O5. The lowest BCUT2D eigenvalue weighted by molar-refractivity contribution is -0.139. The Morgan fingerprint density at radius 3 is 2.40 bits per heavy atom. The lowest BCUT2D eigenvalue weighted by Crippen LogP contribution is -2.54. The summed E-state index contributed by atoms with van der Waals surface area (Å²) in [4.78, 5) is 35.2. The first-order chi connectivity index (χ1) is 9.45. The maximum absolute atomic E-state index is 12.1. The monoisotopic (exact) mass is 287 g/mol. The number of primary amides is 1. The van der Waals surface area contributed by atoms with Gasteiger partial charge in [-0.15, -0.1) is 0 Å². The Morgan fingerprint density at radius 2 is 2.00 bits per heavy atom. The van der Waals surface area contributed by atoms with Crippen LogP contribution in [-0.4, -0.2) is 58.3 Å². The number of nitrogens with zero attached hydrogens (tertiary/aromatic N) is 1. The van der Waals surface area contributed by atoms with E-state index in [-0.39, 0.29) is 32.0 Å². The number of rotatable bonds is 8. The first-order valence-corrected chi connectivity index (χ1v) is 6.64. The van der Waals surface area contributed by atoms with E-state index in [1.807, 2.05) is 0 Å². The summed E-state index contributed by atoms with van der Waals surface area (Å²) in [6, 6.07) is -1.63. The summed E-state index contributed by atoms with van der Waals surface area (Å²) in [6.07, 6.45) is 2.57. The number of carbonyl (C=O) groups is 3. The highest BCUT2D eigenvalue weighted by Crippen LogP contribution is 2.24. The van der Waals surface area contributed by atoms with E-state index in [4.69, 9.17) is 15.9 Å². The zero-order valence-corrected chi connectivity index (χ0v) is 11.2. The van der Waals surface area contributed by atoms with Crippen molar-refractivity contribution in [2.75, 3.05) is 13.2 Å². The van der Waals surface area contributed by atoms with Crippen LogP contribution in [0.2, 0.25) is 0 Å². The van der Waals surface area contributed by atoms with E-state index < -0.39 is 23.9 Å².